The third-order valence-electron chi connectivity index (χ3n) is 3.29. The zero-order valence-corrected chi connectivity index (χ0v) is 11.6. The van der Waals surface area contributed by atoms with Crippen molar-refractivity contribution in [3.63, 3.8) is 0 Å². The van der Waals surface area contributed by atoms with Crippen LogP contribution in [0.1, 0.15) is 38.3 Å². The summed E-state index contributed by atoms with van der Waals surface area (Å²) in [5, 5.41) is 9.65. The predicted octanol–water partition coefficient (Wildman–Crippen LogP) is 3.28. The smallest absolute Gasteiger partial charge is 0.251 e. The van der Waals surface area contributed by atoms with E-state index in [1.807, 2.05) is 18.2 Å². The molecule has 1 aromatic carbocycles. The number of H-pyrrole nitrogens is 1. The van der Waals surface area contributed by atoms with Gasteiger partial charge in [-0.15, -0.1) is 0 Å². The maximum atomic E-state index is 11.9. The number of aromatic amines is 1. The molecule has 19 heavy (non-hydrogen) atoms. The number of fused-ring (bicyclic) bond motifs is 1. The molecule has 0 unspecified atom stereocenters. The van der Waals surface area contributed by atoms with Gasteiger partial charge in [-0.1, -0.05) is 26.8 Å². The van der Waals surface area contributed by atoms with Crippen LogP contribution in [0.5, 0.6) is 0 Å². The number of rotatable bonds is 2. The number of nitrogens with one attached hydrogen (secondary N) is 1. The summed E-state index contributed by atoms with van der Waals surface area (Å²) in [5.74, 6) is 0. The molecule has 0 atom stereocenters. The maximum Gasteiger partial charge on any atom is 0.251 e. The van der Waals surface area contributed by atoms with Crippen LogP contribution in [0.2, 0.25) is 0 Å². The van der Waals surface area contributed by atoms with Crippen molar-refractivity contribution < 1.29 is 0 Å². The molecule has 0 fully saturated rings. The second-order valence-electron chi connectivity index (χ2n) is 5.83. The van der Waals surface area contributed by atoms with Gasteiger partial charge in [-0.25, -0.2) is 0 Å². The lowest BCUT2D eigenvalue weighted by atomic mass is 9.86. The van der Waals surface area contributed by atoms with Gasteiger partial charge in [0, 0.05) is 17.5 Å². The molecular weight excluding hydrogens is 236 g/mol. The lowest BCUT2D eigenvalue weighted by Crippen LogP contribution is -2.14. The van der Waals surface area contributed by atoms with E-state index in [-0.39, 0.29) is 11.0 Å². The number of nitriles is 1. The van der Waals surface area contributed by atoms with Crippen LogP contribution in [0.25, 0.3) is 10.9 Å². The van der Waals surface area contributed by atoms with E-state index < -0.39 is 0 Å². The summed E-state index contributed by atoms with van der Waals surface area (Å²) in [6.07, 6.45) is 0.870. The summed E-state index contributed by atoms with van der Waals surface area (Å²) in [7, 11) is 0. The summed E-state index contributed by atoms with van der Waals surface area (Å²) in [6, 6.07) is 10.1. The number of aromatic nitrogens is 1. The number of hydrogen-bond donors (Lipinski definition) is 1. The summed E-state index contributed by atoms with van der Waals surface area (Å²) in [6.45, 7) is 6.49. The molecule has 3 heteroatoms. The van der Waals surface area contributed by atoms with E-state index >= 15 is 0 Å². The summed E-state index contributed by atoms with van der Waals surface area (Å²) < 4.78 is 0. The fraction of sp³-hybridized carbons (Fsp3) is 0.375. The van der Waals surface area contributed by atoms with E-state index in [2.05, 4.69) is 37.9 Å². The molecule has 0 aliphatic carbocycles. The molecule has 0 spiro atoms. The maximum absolute atomic E-state index is 11.9. The van der Waals surface area contributed by atoms with E-state index in [0.717, 1.165) is 10.9 Å². The van der Waals surface area contributed by atoms with Gasteiger partial charge in [-0.2, -0.15) is 5.26 Å². The number of benzene rings is 1. The summed E-state index contributed by atoms with van der Waals surface area (Å²) >= 11 is 0. The van der Waals surface area contributed by atoms with Crippen molar-refractivity contribution in [3.8, 4) is 6.07 Å². The van der Waals surface area contributed by atoms with E-state index in [4.69, 9.17) is 5.26 Å². The Kier molecular flexibility index (Phi) is 3.44. The second kappa shape index (κ2) is 4.89. The van der Waals surface area contributed by atoms with Gasteiger partial charge in [0.2, 0.25) is 0 Å². The minimum atomic E-state index is -0.0914. The van der Waals surface area contributed by atoms with Crippen molar-refractivity contribution in [1.29, 1.82) is 5.26 Å². The van der Waals surface area contributed by atoms with Gasteiger partial charge in [0.1, 0.15) is 0 Å². The minimum Gasteiger partial charge on any atom is -0.322 e. The lowest BCUT2D eigenvalue weighted by Gasteiger charge is -2.19. The van der Waals surface area contributed by atoms with Crippen LogP contribution in [0, 0.1) is 11.3 Å². The van der Waals surface area contributed by atoms with Gasteiger partial charge in [0.25, 0.3) is 5.56 Å². The number of nitrogens with zero attached hydrogens (tertiary/aromatic N) is 1. The summed E-state index contributed by atoms with van der Waals surface area (Å²) in [4.78, 5) is 14.7. The molecule has 0 aliphatic rings. The number of pyridine rings is 1. The highest BCUT2D eigenvalue weighted by atomic mass is 16.1. The first-order valence-electron chi connectivity index (χ1n) is 6.45. The van der Waals surface area contributed by atoms with Gasteiger partial charge in [-0.3, -0.25) is 4.79 Å². The molecule has 0 aliphatic heterocycles. The summed E-state index contributed by atoms with van der Waals surface area (Å²) in [5.41, 5.74) is 2.75. The van der Waals surface area contributed by atoms with Crippen molar-refractivity contribution in [2.45, 2.75) is 39.0 Å². The van der Waals surface area contributed by atoms with E-state index in [9.17, 15) is 4.79 Å². The first kappa shape index (κ1) is 13.4. The molecule has 0 saturated heterocycles. The van der Waals surface area contributed by atoms with Crippen LogP contribution in [0.3, 0.4) is 0 Å². The van der Waals surface area contributed by atoms with Gasteiger partial charge in [-0.05, 0) is 41.0 Å². The highest BCUT2D eigenvalue weighted by molar-refractivity contribution is 5.80. The van der Waals surface area contributed by atoms with E-state index in [1.165, 1.54) is 5.56 Å². The molecule has 1 heterocycles. The van der Waals surface area contributed by atoms with E-state index in [1.54, 1.807) is 0 Å². The molecule has 3 nitrogen and oxygen atoms in total. The third-order valence-corrected chi connectivity index (χ3v) is 3.29. The van der Waals surface area contributed by atoms with Gasteiger partial charge >= 0.3 is 0 Å². The van der Waals surface area contributed by atoms with Crippen molar-refractivity contribution in [2.75, 3.05) is 0 Å². The number of hydrogen-bond acceptors (Lipinski definition) is 2. The Morgan fingerprint density at radius 2 is 2.00 bits per heavy atom. The molecule has 98 valence electrons. The largest absolute Gasteiger partial charge is 0.322 e. The van der Waals surface area contributed by atoms with Crippen LogP contribution < -0.4 is 5.56 Å². The first-order chi connectivity index (χ1) is 8.91. The van der Waals surface area contributed by atoms with Crippen molar-refractivity contribution in [3.05, 3.63) is 45.7 Å². The Labute approximate surface area is 112 Å². The average molecular weight is 254 g/mol. The molecular formula is C16H18N2O. The highest BCUT2D eigenvalue weighted by Crippen LogP contribution is 2.25. The minimum absolute atomic E-state index is 0.0805. The third kappa shape index (κ3) is 2.85. The molecule has 1 N–H and O–H groups in total. The fourth-order valence-corrected chi connectivity index (χ4v) is 2.09. The van der Waals surface area contributed by atoms with Crippen LogP contribution in [-0.4, -0.2) is 4.98 Å². The zero-order valence-electron chi connectivity index (χ0n) is 11.6. The van der Waals surface area contributed by atoms with Crippen LogP contribution in [0.4, 0.5) is 0 Å². The van der Waals surface area contributed by atoms with E-state index in [0.29, 0.717) is 18.4 Å². The average Bonchev–Trinajstić information content (AvgIpc) is 2.34. The second-order valence-corrected chi connectivity index (χ2v) is 5.83. The van der Waals surface area contributed by atoms with Crippen molar-refractivity contribution in [2.24, 2.45) is 0 Å². The van der Waals surface area contributed by atoms with Gasteiger partial charge < -0.3 is 4.98 Å². The molecule has 0 radical (unpaired) electrons. The lowest BCUT2D eigenvalue weighted by molar-refractivity contribution is 0.591. The van der Waals surface area contributed by atoms with Crippen LogP contribution in [0.15, 0.2) is 29.1 Å². The predicted molar refractivity (Wildman–Crippen MR) is 77.2 cm³/mol. The Balaban J connectivity index is 2.56. The molecule has 2 aromatic rings. The fourth-order valence-electron chi connectivity index (χ4n) is 2.09. The molecule has 1 aromatic heterocycles. The molecule has 0 amide bonds. The standard InChI is InChI=1S/C16H18N2O/c1-16(2,3)13-6-7-14-12(10-13)9-11(5-4-8-17)15(19)18-14/h6-7,9-10H,4-5H2,1-3H3,(H,18,19). The molecule has 0 saturated carbocycles. The first-order valence-corrected chi connectivity index (χ1v) is 6.45. The van der Waals surface area contributed by atoms with Crippen molar-refractivity contribution >= 4 is 10.9 Å². The highest BCUT2D eigenvalue weighted by Gasteiger charge is 2.14. The monoisotopic (exact) mass is 254 g/mol. The Morgan fingerprint density at radius 1 is 1.26 bits per heavy atom. The number of aryl methyl sites for hydroxylation is 1. The quantitative estimate of drug-likeness (QED) is 0.894. The Hall–Kier alpha value is -2.08. The van der Waals surface area contributed by atoms with Crippen LogP contribution >= 0.6 is 0 Å². The van der Waals surface area contributed by atoms with Crippen LogP contribution in [-0.2, 0) is 11.8 Å². The van der Waals surface area contributed by atoms with Gasteiger partial charge in [0.05, 0.1) is 6.07 Å². The Morgan fingerprint density at radius 3 is 2.63 bits per heavy atom. The zero-order chi connectivity index (χ0) is 14.0. The Bertz CT molecular complexity index is 699. The normalized spacial score (nSPS) is 11.5. The topological polar surface area (TPSA) is 56.6 Å². The SMILES string of the molecule is CC(C)(C)c1ccc2[nH]c(=O)c(CCC#N)cc2c1. The van der Waals surface area contributed by atoms with Crippen molar-refractivity contribution in [1.82, 2.24) is 4.98 Å². The molecule has 0 bridgehead atoms. The molecule has 2 rings (SSSR count). The van der Waals surface area contributed by atoms with Gasteiger partial charge in [0.15, 0.2) is 0 Å².